The summed E-state index contributed by atoms with van der Waals surface area (Å²) in [6.07, 6.45) is 7.62. The van der Waals surface area contributed by atoms with E-state index in [0.29, 0.717) is 13.2 Å². The molecule has 0 aromatic heterocycles. The molecule has 0 saturated carbocycles. The number of carboxylic acid groups (broad SMARTS) is 1. The molecule has 5 nitrogen and oxygen atoms in total. The van der Waals surface area contributed by atoms with Crippen LogP contribution in [0.5, 0.6) is 11.5 Å². The number of carboxylic acids is 1. The number of hydrogen-bond donors (Lipinski definition) is 1. The number of methoxy groups -OCH3 is 1. The summed E-state index contributed by atoms with van der Waals surface area (Å²) in [5.74, 6) is 0.971. The number of fused-ring (bicyclic) bond motifs is 1. The fraction of sp³-hybridized carbons (Fsp3) is 0.370. The van der Waals surface area contributed by atoms with Gasteiger partial charge in [-0.05, 0) is 101 Å². The lowest BCUT2D eigenvalue weighted by Gasteiger charge is -2.35. The second kappa shape index (κ2) is 10.2. The van der Waals surface area contributed by atoms with Crippen LogP contribution >= 0.6 is 22.6 Å². The van der Waals surface area contributed by atoms with Crippen molar-refractivity contribution in [3.8, 4) is 11.5 Å². The van der Waals surface area contributed by atoms with Crippen molar-refractivity contribution in [2.24, 2.45) is 0 Å². The highest BCUT2D eigenvalue weighted by atomic mass is 127. The van der Waals surface area contributed by atoms with E-state index in [1.54, 1.807) is 13.2 Å². The highest BCUT2D eigenvalue weighted by Gasteiger charge is 2.29. The molecule has 0 radical (unpaired) electrons. The quantitative estimate of drug-likeness (QED) is 0.392. The molecule has 1 heterocycles. The number of ether oxygens (including phenoxy) is 2. The Kier molecular flexibility index (Phi) is 7.32. The van der Waals surface area contributed by atoms with Crippen LogP contribution < -0.4 is 9.47 Å². The van der Waals surface area contributed by atoms with Crippen molar-refractivity contribution < 1.29 is 19.4 Å². The lowest BCUT2D eigenvalue weighted by Crippen LogP contribution is -2.43. The van der Waals surface area contributed by atoms with Crippen molar-refractivity contribution in [3.63, 3.8) is 0 Å². The zero-order valence-electron chi connectivity index (χ0n) is 19.4. The van der Waals surface area contributed by atoms with Gasteiger partial charge in [0, 0.05) is 12.1 Å². The Morgan fingerprint density at radius 2 is 2.03 bits per heavy atom. The Hall–Kier alpha value is -2.48. The molecular formula is C27H30INO4. The normalized spacial score (nSPS) is 17.0. The molecule has 1 N–H and O–H groups in total. The predicted octanol–water partition coefficient (Wildman–Crippen LogP) is 5.83. The van der Waals surface area contributed by atoms with Crippen LogP contribution in [0.25, 0.3) is 5.57 Å². The van der Waals surface area contributed by atoms with E-state index in [9.17, 15) is 9.90 Å². The standard InChI is InChI=1S/C27H30INO4/c1-4-5-18-6-7-20(25(14-18)32-3)16-33-24-11-10-21-17(2)19(8-9-22(21)26(24)28)15-29-13-12-23(29)27(30)31/h6-7,10-14,23H,4-5,8-9,15-16H2,1-3H3,(H,30,31). The maximum atomic E-state index is 11.3. The molecule has 2 aromatic carbocycles. The summed E-state index contributed by atoms with van der Waals surface area (Å²) >= 11 is 2.40. The van der Waals surface area contributed by atoms with Crippen molar-refractivity contribution in [3.05, 3.63) is 74.0 Å². The number of carbonyl (C=O) groups is 1. The molecule has 1 aliphatic heterocycles. The van der Waals surface area contributed by atoms with Gasteiger partial charge in [-0.15, -0.1) is 0 Å². The zero-order valence-corrected chi connectivity index (χ0v) is 21.5. The minimum Gasteiger partial charge on any atom is -0.496 e. The summed E-state index contributed by atoms with van der Waals surface area (Å²) in [6, 6.07) is 10.1. The van der Waals surface area contributed by atoms with Gasteiger partial charge in [0.25, 0.3) is 0 Å². The number of hydrogen-bond acceptors (Lipinski definition) is 4. The molecule has 1 atom stereocenters. The third-order valence-corrected chi connectivity index (χ3v) is 7.72. The molecule has 0 spiro atoms. The van der Waals surface area contributed by atoms with E-state index in [2.05, 4.69) is 66.8 Å². The molecular weight excluding hydrogens is 529 g/mol. The third-order valence-electron chi connectivity index (χ3n) is 6.54. The first-order valence-electron chi connectivity index (χ1n) is 11.4. The molecule has 1 aliphatic carbocycles. The van der Waals surface area contributed by atoms with Crippen LogP contribution in [0.3, 0.4) is 0 Å². The van der Waals surface area contributed by atoms with Crippen LogP contribution in [0.15, 0.2) is 48.2 Å². The van der Waals surface area contributed by atoms with Gasteiger partial charge in [-0.2, -0.15) is 0 Å². The van der Waals surface area contributed by atoms with Crippen molar-refractivity contribution in [2.45, 2.75) is 52.2 Å². The van der Waals surface area contributed by atoms with Gasteiger partial charge in [-0.3, -0.25) is 0 Å². The van der Waals surface area contributed by atoms with Crippen LogP contribution in [-0.2, 0) is 24.2 Å². The molecule has 0 saturated heterocycles. The number of rotatable bonds is 9. The maximum absolute atomic E-state index is 11.3. The largest absolute Gasteiger partial charge is 0.496 e. The second-order valence-electron chi connectivity index (χ2n) is 8.61. The summed E-state index contributed by atoms with van der Waals surface area (Å²) in [7, 11) is 1.71. The second-order valence-corrected chi connectivity index (χ2v) is 9.69. The lowest BCUT2D eigenvalue weighted by molar-refractivity contribution is -0.141. The Balaban J connectivity index is 1.50. The van der Waals surface area contributed by atoms with E-state index in [1.807, 2.05) is 11.1 Å². The molecule has 33 heavy (non-hydrogen) atoms. The SMILES string of the molecule is CCCc1ccc(COc2ccc3c(c2I)CCC(CN2C=CC2C(=O)O)=C3C)c(OC)c1. The van der Waals surface area contributed by atoms with Gasteiger partial charge < -0.3 is 19.5 Å². The number of nitrogens with zero attached hydrogens (tertiary/aromatic N) is 1. The minimum absolute atomic E-state index is 0.461. The van der Waals surface area contributed by atoms with Gasteiger partial charge in [-0.1, -0.05) is 31.5 Å². The van der Waals surface area contributed by atoms with Crippen molar-refractivity contribution in [2.75, 3.05) is 13.7 Å². The van der Waals surface area contributed by atoms with Crippen molar-refractivity contribution in [1.29, 1.82) is 0 Å². The van der Waals surface area contributed by atoms with Crippen molar-refractivity contribution in [1.82, 2.24) is 4.90 Å². The van der Waals surface area contributed by atoms with E-state index < -0.39 is 12.0 Å². The number of allylic oxidation sites excluding steroid dienone is 1. The van der Waals surface area contributed by atoms with E-state index >= 15 is 0 Å². The van der Waals surface area contributed by atoms with Crippen molar-refractivity contribution >= 4 is 34.1 Å². The molecule has 174 valence electrons. The first-order valence-corrected chi connectivity index (χ1v) is 12.5. The predicted molar refractivity (Wildman–Crippen MR) is 139 cm³/mol. The summed E-state index contributed by atoms with van der Waals surface area (Å²) in [5.41, 5.74) is 7.43. The van der Waals surface area contributed by atoms with Crippen LogP contribution in [0.4, 0.5) is 0 Å². The molecule has 6 heteroatoms. The van der Waals surface area contributed by atoms with Gasteiger partial charge in [-0.25, -0.2) is 4.79 Å². The summed E-state index contributed by atoms with van der Waals surface area (Å²) in [5, 5.41) is 9.30. The third kappa shape index (κ3) is 4.90. The molecule has 2 aromatic rings. The van der Waals surface area contributed by atoms with Crippen LogP contribution in [0, 0.1) is 3.57 Å². The summed E-state index contributed by atoms with van der Waals surface area (Å²) < 4.78 is 13.0. The van der Waals surface area contributed by atoms with E-state index in [-0.39, 0.29) is 0 Å². The van der Waals surface area contributed by atoms with Gasteiger partial charge in [0.15, 0.2) is 0 Å². The van der Waals surface area contributed by atoms with Crippen LogP contribution in [0.2, 0.25) is 0 Å². The fourth-order valence-electron chi connectivity index (χ4n) is 4.56. The van der Waals surface area contributed by atoms with Gasteiger partial charge in [0.1, 0.15) is 24.1 Å². The Morgan fingerprint density at radius 1 is 1.21 bits per heavy atom. The van der Waals surface area contributed by atoms with Crippen LogP contribution in [-0.4, -0.2) is 35.7 Å². The van der Waals surface area contributed by atoms with E-state index in [4.69, 9.17) is 9.47 Å². The fourth-order valence-corrected chi connectivity index (χ4v) is 5.45. The topological polar surface area (TPSA) is 59.0 Å². The Bertz CT molecular complexity index is 1120. The first-order chi connectivity index (χ1) is 15.9. The Labute approximate surface area is 209 Å². The average molecular weight is 559 g/mol. The van der Waals surface area contributed by atoms with Gasteiger partial charge in [0.2, 0.25) is 0 Å². The van der Waals surface area contributed by atoms with E-state index in [0.717, 1.165) is 46.3 Å². The number of aryl methyl sites for hydroxylation is 1. The Morgan fingerprint density at radius 3 is 2.70 bits per heavy atom. The van der Waals surface area contributed by atoms with Gasteiger partial charge >= 0.3 is 5.97 Å². The molecule has 0 fully saturated rings. The zero-order chi connectivity index (χ0) is 23.5. The lowest BCUT2D eigenvalue weighted by atomic mass is 9.85. The van der Waals surface area contributed by atoms with Gasteiger partial charge in [0.05, 0.1) is 10.7 Å². The minimum atomic E-state index is -0.792. The number of aliphatic carboxylic acids is 1. The number of benzene rings is 2. The van der Waals surface area contributed by atoms with Crippen LogP contribution in [0.1, 0.15) is 48.9 Å². The monoisotopic (exact) mass is 559 g/mol. The molecule has 2 aliphatic rings. The molecule has 4 rings (SSSR count). The highest BCUT2D eigenvalue weighted by molar-refractivity contribution is 14.1. The van der Waals surface area contributed by atoms with E-state index in [1.165, 1.54) is 27.8 Å². The average Bonchev–Trinajstić information content (AvgIpc) is 2.78. The molecule has 1 unspecified atom stereocenters. The summed E-state index contributed by atoms with van der Waals surface area (Å²) in [4.78, 5) is 13.2. The summed E-state index contributed by atoms with van der Waals surface area (Å²) in [6.45, 7) is 5.45. The first kappa shape index (κ1) is 23.7. The maximum Gasteiger partial charge on any atom is 0.330 e. The molecule has 0 bridgehead atoms. The smallest absolute Gasteiger partial charge is 0.330 e. The molecule has 0 amide bonds. The highest BCUT2D eigenvalue weighted by Crippen LogP contribution is 2.38. The number of halogens is 1.